The van der Waals surface area contributed by atoms with E-state index in [0.29, 0.717) is 13.1 Å². The van der Waals surface area contributed by atoms with Crippen molar-refractivity contribution in [3.63, 3.8) is 0 Å². The highest BCUT2D eigenvalue weighted by molar-refractivity contribution is 6.06. The van der Waals surface area contributed by atoms with Gasteiger partial charge in [-0.15, -0.1) is 0 Å². The van der Waals surface area contributed by atoms with Crippen LogP contribution in [0.15, 0.2) is 0 Å². The summed E-state index contributed by atoms with van der Waals surface area (Å²) in [7, 11) is 0. The zero-order valence-corrected chi connectivity index (χ0v) is 11.0. The number of imide groups is 1. The molecule has 2 fully saturated rings. The topological polar surface area (TPSA) is 72.9 Å². The summed E-state index contributed by atoms with van der Waals surface area (Å²) >= 11 is 0. The van der Waals surface area contributed by atoms with Crippen molar-refractivity contribution in [1.29, 1.82) is 0 Å². The van der Waals surface area contributed by atoms with Gasteiger partial charge in [-0.1, -0.05) is 0 Å². The van der Waals surface area contributed by atoms with E-state index < -0.39 is 5.54 Å². The highest BCUT2D eigenvalue weighted by Gasteiger charge is 2.44. The minimum absolute atomic E-state index is 0.144. The molecule has 0 radical (unpaired) electrons. The van der Waals surface area contributed by atoms with Gasteiger partial charge in [-0.25, -0.2) is 4.79 Å². The summed E-state index contributed by atoms with van der Waals surface area (Å²) < 4.78 is 0. The Kier molecular flexibility index (Phi) is 3.59. The average molecular weight is 255 g/mol. The molecule has 2 saturated heterocycles. The van der Waals surface area contributed by atoms with Crippen LogP contribution in [0.4, 0.5) is 4.79 Å². The molecule has 1 atom stereocenters. The second kappa shape index (κ2) is 4.85. The highest BCUT2D eigenvalue weighted by atomic mass is 16.3. The number of rotatable bonds is 4. The molecule has 2 aliphatic heterocycles. The fraction of sp³-hybridized carbons (Fsp3) is 0.833. The predicted octanol–water partition coefficient (Wildman–Crippen LogP) is -0.226. The Morgan fingerprint density at radius 1 is 1.39 bits per heavy atom. The van der Waals surface area contributed by atoms with Crippen molar-refractivity contribution >= 4 is 11.9 Å². The molecule has 6 nitrogen and oxygen atoms in total. The van der Waals surface area contributed by atoms with Crippen molar-refractivity contribution in [1.82, 2.24) is 15.1 Å². The lowest BCUT2D eigenvalue weighted by molar-refractivity contribution is -0.130. The summed E-state index contributed by atoms with van der Waals surface area (Å²) in [6, 6.07) is -0.136. The molecule has 0 aliphatic carbocycles. The second-order valence-electron chi connectivity index (χ2n) is 5.53. The van der Waals surface area contributed by atoms with Gasteiger partial charge in [0.1, 0.15) is 5.54 Å². The Hall–Kier alpha value is -1.14. The van der Waals surface area contributed by atoms with Crippen LogP contribution in [0, 0.1) is 0 Å². The standard InChI is InChI=1S/C12H21N3O3/c1-12(2)10(17)15(11(18)13-12)7-6-14-5-3-4-9(14)8-16/h9,16H,3-8H2,1-2H3,(H,13,18)/t9-/m0/s1. The maximum Gasteiger partial charge on any atom is 0.325 e. The van der Waals surface area contributed by atoms with E-state index in [0.717, 1.165) is 19.4 Å². The summed E-state index contributed by atoms with van der Waals surface area (Å²) in [5.74, 6) is -0.174. The SMILES string of the molecule is CC1(C)NC(=O)N(CCN2CCC[C@H]2CO)C1=O. The van der Waals surface area contributed by atoms with Gasteiger partial charge >= 0.3 is 6.03 Å². The molecule has 0 aromatic rings. The van der Waals surface area contributed by atoms with Gasteiger partial charge in [0, 0.05) is 19.1 Å². The molecule has 0 spiro atoms. The van der Waals surface area contributed by atoms with Gasteiger partial charge in [0.25, 0.3) is 5.91 Å². The van der Waals surface area contributed by atoms with Crippen molar-refractivity contribution in [2.24, 2.45) is 0 Å². The lowest BCUT2D eigenvalue weighted by atomic mass is 10.1. The van der Waals surface area contributed by atoms with Gasteiger partial charge in [-0.3, -0.25) is 14.6 Å². The largest absolute Gasteiger partial charge is 0.395 e. The quantitative estimate of drug-likeness (QED) is 0.681. The van der Waals surface area contributed by atoms with Crippen LogP contribution < -0.4 is 5.32 Å². The molecule has 0 aromatic carbocycles. The van der Waals surface area contributed by atoms with Gasteiger partial charge in [0.05, 0.1) is 6.61 Å². The molecule has 0 bridgehead atoms. The predicted molar refractivity (Wildman–Crippen MR) is 66.0 cm³/mol. The molecule has 6 heteroatoms. The van der Waals surface area contributed by atoms with Gasteiger partial charge in [-0.2, -0.15) is 0 Å². The summed E-state index contributed by atoms with van der Waals surface area (Å²) in [4.78, 5) is 27.1. The molecule has 2 N–H and O–H groups in total. The van der Waals surface area contributed by atoms with E-state index in [1.807, 2.05) is 0 Å². The van der Waals surface area contributed by atoms with Gasteiger partial charge in [0.2, 0.25) is 0 Å². The molecule has 18 heavy (non-hydrogen) atoms. The maximum absolute atomic E-state index is 12.0. The van der Waals surface area contributed by atoms with Gasteiger partial charge in [0.15, 0.2) is 0 Å². The number of carbonyl (C=O) groups excluding carboxylic acids is 2. The number of nitrogens with zero attached hydrogens (tertiary/aromatic N) is 2. The monoisotopic (exact) mass is 255 g/mol. The molecule has 3 amide bonds. The molecular formula is C12H21N3O3. The van der Waals surface area contributed by atoms with E-state index in [1.54, 1.807) is 13.8 Å². The molecule has 0 unspecified atom stereocenters. The van der Waals surface area contributed by atoms with E-state index in [4.69, 9.17) is 0 Å². The first kappa shape index (κ1) is 13.3. The number of nitrogens with one attached hydrogen (secondary N) is 1. The molecule has 102 valence electrons. The van der Waals surface area contributed by atoms with E-state index in [1.165, 1.54) is 4.90 Å². The molecule has 2 heterocycles. The van der Waals surface area contributed by atoms with Gasteiger partial charge in [-0.05, 0) is 33.2 Å². The number of aliphatic hydroxyl groups excluding tert-OH is 1. The van der Waals surface area contributed by atoms with E-state index >= 15 is 0 Å². The van der Waals surface area contributed by atoms with E-state index in [2.05, 4.69) is 10.2 Å². The van der Waals surface area contributed by atoms with Crippen LogP contribution in [-0.4, -0.2) is 64.7 Å². The Morgan fingerprint density at radius 2 is 2.11 bits per heavy atom. The first-order valence-electron chi connectivity index (χ1n) is 6.45. The Balaban J connectivity index is 1.91. The molecule has 2 rings (SSSR count). The average Bonchev–Trinajstić information content (AvgIpc) is 2.82. The zero-order chi connectivity index (χ0) is 13.3. The number of amides is 3. The third-order valence-electron chi connectivity index (χ3n) is 3.77. The van der Waals surface area contributed by atoms with E-state index in [9.17, 15) is 14.7 Å². The van der Waals surface area contributed by atoms with Crippen molar-refractivity contribution in [3.05, 3.63) is 0 Å². The van der Waals surface area contributed by atoms with Crippen molar-refractivity contribution < 1.29 is 14.7 Å². The van der Waals surface area contributed by atoms with Crippen LogP contribution in [0.1, 0.15) is 26.7 Å². The lowest BCUT2D eigenvalue weighted by Crippen LogP contribution is -2.43. The van der Waals surface area contributed by atoms with Crippen LogP contribution in [0.5, 0.6) is 0 Å². The first-order chi connectivity index (χ1) is 8.45. The van der Waals surface area contributed by atoms with Crippen LogP contribution in [0.2, 0.25) is 0 Å². The number of hydrogen-bond acceptors (Lipinski definition) is 4. The van der Waals surface area contributed by atoms with Crippen molar-refractivity contribution in [2.75, 3.05) is 26.2 Å². The Morgan fingerprint density at radius 3 is 2.67 bits per heavy atom. The molecule has 0 aromatic heterocycles. The van der Waals surface area contributed by atoms with Crippen LogP contribution in [0.25, 0.3) is 0 Å². The first-order valence-corrected chi connectivity index (χ1v) is 6.45. The van der Waals surface area contributed by atoms with Crippen molar-refractivity contribution in [2.45, 2.75) is 38.3 Å². The normalized spacial score (nSPS) is 27.9. The number of urea groups is 1. The summed E-state index contributed by atoms with van der Waals surface area (Å²) in [6.07, 6.45) is 2.05. The molecule has 0 saturated carbocycles. The highest BCUT2D eigenvalue weighted by Crippen LogP contribution is 2.19. The Labute approximate surface area is 107 Å². The smallest absolute Gasteiger partial charge is 0.325 e. The van der Waals surface area contributed by atoms with Crippen LogP contribution >= 0.6 is 0 Å². The molecule has 2 aliphatic rings. The summed E-state index contributed by atoms with van der Waals surface area (Å²) in [6.45, 7) is 5.52. The fourth-order valence-corrected chi connectivity index (χ4v) is 2.65. The van der Waals surface area contributed by atoms with Crippen LogP contribution in [0.3, 0.4) is 0 Å². The minimum atomic E-state index is -0.793. The number of aliphatic hydroxyl groups is 1. The Bertz CT molecular complexity index is 356. The minimum Gasteiger partial charge on any atom is -0.395 e. The van der Waals surface area contributed by atoms with Crippen molar-refractivity contribution in [3.8, 4) is 0 Å². The number of hydrogen-bond donors (Lipinski definition) is 2. The zero-order valence-electron chi connectivity index (χ0n) is 11.0. The molecular weight excluding hydrogens is 234 g/mol. The second-order valence-corrected chi connectivity index (χ2v) is 5.53. The summed E-state index contributed by atoms with van der Waals surface area (Å²) in [5.41, 5.74) is -0.793. The van der Waals surface area contributed by atoms with Crippen LogP contribution in [-0.2, 0) is 4.79 Å². The fourth-order valence-electron chi connectivity index (χ4n) is 2.65. The third kappa shape index (κ3) is 2.35. The third-order valence-corrected chi connectivity index (χ3v) is 3.77. The van der Waals surface area contributed by atoms with Gasteiger partial charge < -0.3 is 10.4 Å². The number of likely N-dealkylation sites (tertiary alicyclic amines) is 1. The van der Waals surface area contributed by atoms with E-state index in [-0.39, 0.29) is 24.6 Å². The lowest BCUT2D eigenvalue weighted by Gasteiger charge is -2.24. The summed E-state index contributed by atoms with van der Waals surface area (Å²) in [5, 5.41) is 11.9. The number of carbonyl (C=O) groups is 2. The maximum atomic E-state index is 12.0.